The summed E-state index contributed by atoms with van der Waals surface area (Å²) in [7, 11) is 0. The van der Waals surface area contributed by atoms with E-state index >= 15 is 0 Å². The van der Waals surface area contributed by atoms with Gasteiger partial charge in [0.15, 0.2) is 4.96 Å². The molecule has 0 amide bonds. The zero-order valence-electron chi connectivity index (χ0n) is 15.2. The van der Waals surface area contributed by atoms with E-state index in [1.54, 1.807) is 16.7 Å². The number of rotatable bonds is 7. The van der Waals surface area contributed by atoms with Crippen molar-refractivity contribution >= 4 is 16.3 Å². The average Bonchev–Trinajstić information content (AvgIpc) is 3.32. The molecular formula is C21H21N3O2S. The van der Waals surface area contributed by atoms with Crippen LogP contribution in [0.1, 0.15) is 24.8 Å². The van der Waals surface area contributed by atoms with Crippen molar-refractivity contribution in [1.29, 1.82) is 0 Å². The second-order valence-corrected chi connectivity index (χ2v) is 7.32. The summed E-state index contributed by atoms with van der Waals surface area (Å²) >= 11 is 1.50. The Kier molecular flexibility index (Phi) is 5.18. The molecule has 6 heteroatoms. The minimum Gasteiger partial charge on any atom is -0.468 e. The molecule has 0 unspecified atom stereocenters. The molecule has 0 bridgehead atoms. The topological polar surface area (TPSA) is 50.8 Å². The maximum absolute atomic E-state index is 12.8. The van der Waals surface area contributed by atoms with E-state index in [0.29, 0.717) is 13.1 Å². The zero-order chi connectivity index (χ0) is 18.6. The molecule has 1 aromatic carbocycles. The number of fused-ring (bicyclic) bond motifs is 1. The van der Waals surface area contributed by atoms with Crippen LogP contribution in [0.3, 0.4) is 0 Å². The molecule has 0 aliphatic heterocycles. The SMILES string of the molecule is CCCN(Cc1cc(=O)n2c(-c3ccccc3)csc2n1)Cc1ccco1. The Morgan fingerprint density at radius 1 is 1.15 bits per heavy atom. The van der Waals surface area contributed by atoms with Crippen molar-refractivity contribution in [3.8, 4) is 11.3 Å². The van der Waals surface area contributed by atoms with Crippen molar-refractivity contribution in [1.82, 2.24) is 14.3 Å². The van der Waals surface area contributed by atoms with Gasteiger partial charge in [-0.05, 0) is 30.7 Å². The highest BCUT2D eigenvalue weighted by molar-refractivity contribution is 7.15. The van der Waals surface area contributed by atoms with Crippen LogP contribution in [0.5, 0.6) is 0 Å². The van der Waals surface area contributed by atoms with Gasteiger partial charge in [0.05, 0.1) is 24.2 Å². The standard InChI is InChI=1S/C21H21N3O2S/c1-2-10-23(14-18-9-6-11-26-18)13-17-12-20(25)24-19(15-27-21(24)22-17)16-7-4-3-5-8-16/h3-9,11-12,15H,2,10,13-14H2,1H3. The van der Waals surface area contributed by atoms with Gasteiger partial charge in [0.25, 0.3) is 5.56 Å². The molecule has 0 spiro atoms. The lowest BCUT2D eigenvalue weighted by Crippen LogP contribution is -2.25. The summed E-state index contributed by atoms with van der Waals surface area (Å²) in [6.07, 6.45) is 2.71. The normalized spacial score (nSPS) is 11.5. The first kappa shape index (κ1) is 17.7. The highest BCUT2D eigenvalue weighted by Crippen LogP contribution is 2.24. The van der Waals surface area contributed by atoms with Crippen LogP contribution in [0.15, 0.2) is 69.4 Å². The number of furan rings is 1. The third-order valence-corrected chi connectivity index (χ3v) is 5.24. The first-order chi connectivity index (χ1) is 13.2. The Labute approximate surface area is 161 Å². The third kappa shape index (κ3) is 3.86. The van der Waals surface area contributed by atoms with Crippen LogP contribution in [-0.2, 0) is 13.1 Å². The summed E-state index contributed by atoms with van der Waals surface area (Å²) in [5, 5.41) is 2.00. The molecule has 0 aliphatic carbocycles. The van der Waals surface area contributed by atoms with E-state index in [9.17, 15) is 4.79 Å². The fourth-order valence-corrected chi connectivity index (χ4v) is 4.16. The number of benzene rings is 1. The highest BCUT2D eigenvalue weighted by Gasteiger charge is 2.14. The molecule has 0 atom stereocenters. The number of hydrogen-bond acceptors (Lipinski definition) is 5. The van der Waals surface area contributed by atoms with Crippen LogP contribution in [-0.4, -0.2) is 20.8 Å². The number of aromatic nitrogens is 2. The van der Waals surface area contributed by atoms with Gasteiger partial charge in [0, 0.05) is 18.0 Å². The molecule has 27 heavy (non-hydrogen) atoms. The van der Waals surface area contributed by atoms with E-state index in [0.717, 1.165) is 40.6 Å². The zero-order valence-corrected chi connectivity index (χ0v) is 16.0. The van der Waals surface area contributed by atoms with Crippen molar-refractivity contribution in [2.45, 2.75) is 26.4 Å². The fourth-order valence-electron chi connectivity index (χ4n) is 3.24. The lowest BCUT2D eigenvalue weighted by atomic mass is 10.2. The second-order valence-electron chi connectivity index (χ2n) is 6.48. The minimum absolute atomic E-state index is 0.0375. The van der Waals surface area contributed by atoms with Crippen LogP contribution in [0.4, 0.5) is 0 Å². The van der Waals surface area contributed by atoms with Crippen LogP contribution >= 0.6 is 11.3 Å². The number of thiazole rings is 1. The molecule has 3 heterocycles. The van der Waals surface area contributed by atoms with Crippen LogP contribution in [0.25, 0.3) is 16.2 Å². The Bertz CT molecular complexity index is 1070. The van der Waals surface area contributed by atoms with E-state index in [4.69, 9.17) is 9.40 Å². The summed E-state index contributed by atoms with van der Waals surface area (Å²) < 4.78 is 7.16. The van der Waals surface area contributed by atoms with Gasteiger partial charge in [-0.25, -0.2) is 4.98 Å². The lowest BCUT2D eigenvalue weighted by molar-refractivity contribution is 0.233. The molecule has 0 radical (unpaired) electrons. The highest BCUT2D eigenvalue weighted by atomic mass is 32.1. The molecule has 138 valence electrons. The van der Waals surface area contributed by atoms with Crippen LogP contribution in [0.2, 0.25) is 0 Å². The molecule has 0 aliphatic rings. The summed E-state index contributed by atoms with van der Waals surface area (Å²) in [6.45, 7) is 4.40. The van der Waals surface area contributed by atoms with Gasteiger partial charge in [-0.15, -0.1) is 11.3 Å². The van der Waals surface area contributed by atoms with Crippen molar-refractivity contribution in [3.63, 3.8) is 0 Å². The molecular weight excluding hydrogens is 358 g/mol. The van der Waals surface area contributed by atoms with Gasteiger partial charge in [-0.1, -0.05) is 37.3 Å². The van der Waals surface area contributed by atoms with Crippen molar-refractivity contribution in [3.05, 3.63) is 82.0 Å². The quantitative estimate of drug-likeness (QED) is 0.477. The summed E-state index contributed by atoms with van der Waals surface area (Å²) in [6, 6.07) is 15.5. The Morgan fingerprint density at radius 2 is 2.00 bits per heavy atom. The molecule has 0 saturated carbocycles. The van der Waals surface area contributed by atoms with Crippen molar-refractivity contribution in [2.24, 2.45) is 0 Å². The number of nitrogens with zero attached hydrogens (tertiary/aromatic N) is 3. The molecule has 0 saturated heterocycles. The van der Waals surface area contributed by atoms with E-state index in [1.807, 2.05) is 47.8 Å². The fraction of sp³-hybridized carbons (Fsp3) is 0.238. The molecule has 5 nitrogen and oxygen atoms in total. The van der Waals surface area contributed by atoms with Crippen molar-refractivity contribution < 1.29 is 4.42 Å². The maximum Gasteiger partial charge on any atom is 0.259 e. The predicted molar refractivity (Wildman–Crippen MR) is 108 cm³/mol. The van der Waals surface area contributed by atoms with Gasteiger partial charge in [-0.2, -0.15) is 0 Å². The predicted octanol–water partition coefficient (Wildman–Crippen LogP) is 4.43. The monoisotopic (exact) mass is 379 g/mol. The first-order valence-electron chi connectivity index (χ1n) is 9.05. The van der Waals surface area contributed by atoms with E-state index in [-0.39, 0.29) is 5.56 Å². The van der Waals surface area contributed by atoms with Gasteiger partial charge >= 0.3 is 0 Å². The first-order valence-corrected chi connectivity index (χ1v) is 9.93. The van der Waals surface area contributed by atoms with E-state index in [1.165, 1.54) is 11.3 Å². The third-order valence-electron chi connectivity index (χ3n) is 4.41. The molecule has 0 fully saturated rings. The molecule has 4 rings (SSSR count). The summed E-state index contributed by atoms with van der Waals surface area (Å²) in [5.41, 5.74) is 2.66. The molecule has 0 N–H and O–H groups in total. The van der Waals surface area contributed by atoms with Gasteiger partial charge in [0.1, 0.15) is 5.76 Å². The Morgan fingerprint density at radius 3 is 2.74 bits per heavy atom. The average molecular weight is 379 g/mol. The van der Waals surface area contributed by atoms with E-state index < -0.39 is 0 Å². The summed E-state index contributed by atoms with van der Waals surface area (Å²) in [5.74, 6) is 0.920. The summed E-state index contributed by atoms with van der Waals surface area (Å²) in [4.78, 5) is 20.5. The Hall–Kier alpha value is -2.70. The maximum atomic E-state index is 12.8. The van der Waals surface area contributed by atoms with Crippen molar-refractivity contribution in [2.75, 3.05) is 6.54 Å². The lowest BCUT2D eigenvalue weighted by Gasteiger charge is -2.19. The van der Waals surface area contributed by atoms with Gasteiger partial charge < -0.3 is 4.42 Å². The Balaban J connectivity index is 1.64. The molecule has 4 aromatic rings. The second kappa shape index (κ2) is 7.90. The minimum atomic E-state index is -0.0375. The van der Waals surface area contributed by atoms with Crippen LogP contribution in [0, 0.1) is 0 Å². The van der Waals surface area contributed by atoms with E-state index in [2.05, 4.69) is 11.8 Å². The van der Waals surface area contributed by atoms with Gasteiger partial charge in [0.2, 0.25) is 0 Å². The largest absolute Gasteiger partial charge is 0.468 e. The van der Waals surface area contributed by atoms with Gasteiger partial charge in [-0.3, -0.25) is 14.1 Å². The molecule has 3 aromatic heterocycles. The smallest absolute Gasteiger partial charge is 0.259 e. The number of hydrogen-bond donors (Lipinski definition) is 0. The van der Waals surface area contributed by atoms with Crippen LogP contribution < -0.4 is 5.56 Å².